The Hall–Kier alpha value is -3.15. The molecule has 2 aromatic rings. The molecule has 3 rings (SSSR count). The summed E-state index contributed by atoms with van der Waals surface area (Å²) in [5.74, 6) is -0.776. The van der Waals surface area contributed by atoms with E-state index in [9.17, 15) is 22.8 Å². The average Bonchev–Trinajstić information content (AvgIpc) is 2.91. The predicted molar refractivity (Wildman–Crippen MR) is 148 cm³/mol. The number of hydrogen-bond donors (Lipinski definition) is 3. The summed E-state index contributed by atoms with van der Waals surface area (Å²) in [6.45, 7) is 1.19. The Kier molecular flexibility index (Phi) is 11.1. The second kappa shape index (κ2) is 14.3. The van der Waals surface area contributed by atoms with Gasteiger partial charge in [0.05, 0.1) is 17.1 Å². The summed E-state index contributed by atoms with van der Waals surface area (Å²) in [6, 6.07) is 10.2. The van der Waals surface area contributed by atoms with E-state index in [-0.39, 0.29) is 35.8 Å². The second-order valence-corrected chi connectivity index (χ2v) is 12.0. The van der Waals surface area contributed by atoms with E-state index >= 15 is 0 Å². The minimum absolute atomic E-state index is 0.0685. The Labute approximate surface area is 234 Å². The van der Waals surface area contributed by atoms with Crippen LogP contribution in [0, 0.1) is 0 Å². The van der Waals surface area contributed by atoms with Crippen LogP contribution in [0.25, 0.3) is 0 Å². The Morgan fingerprint density at radius 1 is 1.10 bits per heavy atom. The largest absolute Gasteiger partial charge is 0.493 e. The normalized spacial score (nSPS) is 17.6. The van der Waals surface area contributed by atoms with Gasteiger partial charge in [-0.05, 0) is 68.0 Å². The van der Waals surface area contributed by atoms with Gasteiger partial charge in [0.15, 0.2) is 0 Å². The molecular weight excluding hydrogens is 544 g/mol. The number of nitrogens with one attached hydrogen (secondary N) is 3. The van der Waals surface area contributed by atoms with Crippen molar-refractivity contribution in [1.29, 1.82) is 0 Å². The Bertz CT molecular complexity index is 1270. The van der Waals surface area contributed by atoms with Gasteiger partial charge in [0.2, 0.25) is 21.8 Å². The van der Waals surface area contributed by atoms with Gasteiger partial charge >= 0.3 is 0 Å². The molecule has 0 bridgehead atoms. The molecule has 0 aromatic heterocycles. The first kappa shape index (κ1) is 30.4. The van der Waals surface area contributed by atoms with E-state index in [4.69, 9.17) is 16.3 Å². The number of carbonyl (C=O) groups excluding carboxylic acids is 3. The lowest BCUT2D eigenvalue weighted by Crippen LogP contribution is -2.47. The molecule has 0 radical (unpaired) electrons. The minimum atomic E-state index is -3.53. The molecule has 0 aliphatic carbocycles. The van der Waals surface area contributed by atoms with Crippen LogP contribution in [-0.4, -0.2) is 70.3 Å². The number of ether oxygens (including phenoxy) is 1. The van der Waals surface area contributed by atoms with E-state index < -0.39 is 27.9 Å². The summed E-state index contributed by atoms with van der Waals surface area (Å²) in [4.78, 5) is 38.7. The standard InChI is InChI=1S/C27H35ClN4O6S/c1-32(2)39(36,37)21-9-6-19(7-10-21)14-16-30-27(35)23-11-13-25(33)29-15-4-3-5-17-38-24-12-8-20(28)18-22(24)26(34)31-23/h6-10,12,18,23H,3-5,11,13-17H2,1-2H3,(H,29,33)(H,30,35)(H,31,34)/t23-/m0/s1. The zero-order valence-corrected chi connectivity index (χ0v) is 23.7. The van der Waals surface area contributed by atoms with Crippen molar-refractivity contribution in [2.24, 2.45) is 0 Å². The van der Waals surface area contributed by atoms with Crippen molar-refractivity contribution in [3.05, 3.63) is 58.6 Å². The van der Waals surface area contributed by atoms with Crippen LogP contribution in [0.2, 0.25) is 5.02 Å². The van der Waals surface area contributed by atoms with Crippen LogP contribution in [-0.2, 0) is 26.0 Å². The van der Waals surface area contributed by atoms with Gasteiger partial charge < -0.3 is 20.7 Å². The van der Waals surface area contributed by atoms with Crippen molar-refractivity contribution in [3.63, 3.8) is 0 Å². The Morgan fingerprint density at radius 3 is 2.56 bits per heavy atom. The molecule has 1 atom stereocenters. The fourth-order valence-corrected chi connectivity index (χ4v) is 5.05. The summed E-state index contributed by atoms with van der Waals surface area (Å²) in [5.41, 5.74) is 1.05. The highest BCUT2D eigenvalue weighted by atomic mass is 35.5. The number of fused-ring (bicyclic) bond motifs is 1. The summed E-state index contributed by atoms with van der Waals surface area (Å²) in [7, 11) is -0.592. The van der Waals surface area contributed by atoms with Crippen molar-refractivity contribution >= 4 is 39.3 Å². The molecule has 1 heterocycles. The lowest BCUT2D eigenvalue weighted by Gasteiger charge is -2.19. The molecule has 10 nitrogen and oxygen atoms in total. The first-order valence-electron chi connectivity index (χ1n) is 12.9. The van der Waals surface area contributed by atoms with Gasteiger partial charge in [0.25, 0.3) is 5.91 Å². The van der Waals surface area contributed by atoms with Crippen LogP contribution in [0.3, 0.4) is 0 Å². The van der Waals surface area contributed by atoms with Crippen molar-refractivity contribution in [2.75, 3.05) is 33.8 Å². The molecule has 0 fully saturated rings. The first-order valence-corrected chi connectivity index (χ1v) is 14.7. The predicted octanol–water partition coefficient (Wildman–Crippen LogP) is 2.51. The Balaban J connectivity index is 1.68. The number of sulfonamides is 1. The van der Waals surface area contributed by atoms with Crippen molar-refractivity contribution in [1.82, 2.24) is 20.3 Å². The molecular formula is C27H35ClN4O6S. The maximum atomic E-state index is 13.2. The molecule has 39 heavy (non-hydrogen) atoms. The lowest BCUT2D eigenvalue weighted by molar-refractivity contribution is -0.124. The molecule has 0 spiro atoms. The van der Waals surface area contributed by atoms with Gasteiger partial charge in [-0.25, -0.2) is 12.7 Å². The zero-order valence-electron chi connectivity index (χ0n) is 22.2. The fourth-order valence-electron chi connectivity index (χ4n) is 3.98. The lowest BCUT2D eigenvalue weighted by atomic mass is 10.1. The quantitative estimate of drug-likeness (QED) is 0.482. The summed E-state index contributed by atoms with van der Waals surface area (Å²) in [5, 5.41) is 8.75. The number of rotatable bonds is 6. The van der Waals surface area contributed by atoms with E-state index in [0.29, 0.717) is 30.3 Å². The van der Waals surface area contributed by atoms with Gasteiger partial charge in [0.1, 0.15) is 11.8 Å². The van der Waals surface area contributed by atoms with Crippen LogP contribution in [0.1, 0.15) is 48.0 Å². The van der Waals surface area contributed by atoms with E-state index in [1.54, 1.807) is 24.3 Å². The molecule has 12 heteroatoms. The monoisotopic (exact) mass is 578 g/mol. The topological polar surface area (TPSA) is 134 Å². The molecule has 0 unspecified atom stereocenters. The summed E-state index contributed by atoms with van der Waals surface area (Å²) in [6.07, 6.45) is 3.04. The molecule has 2 aromatic carbocycles. The molecule has 0 saturated heterocycles. The van der Waals surface area contributed by atoms with E-state index in [1.807, 2.05) is 0 Å². The molecule has 1 aliphatic rings. The van der Waals surface area contributed by atoms with Crippen molar-refractivity contribution < 1.29 is 27.5 Å². The molecule has 3 amide bonds. The van der Waals surface area contributed by atoms with Gasteiger partial charge in [-0.1, -0.05) is 23.7 Å². The van der Waals surface area contributed by atoms with Gasteiger partial charge in [-0.2, -0.15) is 0 Å². The van der Waals surface area contributed by atoms with E-state index in [2.05, 4.69) is 16.0 Å². The fraction of sp³-hybridized carbons (Fsp3) is 0.444. The molecule has 212 valence electrons. The highest BCUT2D eigenvalue weighted by molar-refractivity contribution is 7.89. The third-order valence-corrected chi connectivity index (χ3v) is 8.35. The number of benzene rings is 2. The molecule has 3 N–H and O–H groups in total. The van der Waals surface area contributed by atoms with Crippen LogP contribution in [0.4, 0.5) is 0 Å². The van der Waals surface area contributed by atoms with Crippen LogP contribution < -0.4 is 20.7 Å². The maximum Gasteiger partial charge on any atom is 0.255 e. The third kappa shape index (κ3) is 8.94. The number of carbonyl (C=O) groups is 3. The van der Waals surface area contributed by atoms with Gasteiger partial charge in [0, 0.05) is 38.6 Å². The van der Waals surface area contributed by atoms with E-state index in [1.165, 1.54) is 32.3 Å². The number of amides is 3. The minimum Gasteiger partial charge on any atom is -0.493 e. The average molecular weight is 579 g/mol. The molecule has 1 aliphatic heterocycles. The molecule has 0 saturated carbocycles. The van der Waals surface area contributed by atoms with Gasteiger partial charge in [-0.15, -0.1) is 0 Å². The van der Waals surface area contributed by atoms with Gasteiger partial charge in [-0.3, -0.25) is 14.4 Å². The van der Waals surface area contributed by atoms with Crippen LogP contribution >= 0.6 is 11.6 Å². The zero-order chi connectivity index (χ0) is 28.4. The SMILES string of the molecule is CN(C)S(=O)(=O)c1ccc(CCNC(=O)[C@@H]2CCC(=O)NCCCCCOc3ccc(Cl)cc3C(=O)N2)cc1. The van der Waals surface area contributed by atoms with E-state index in [0.717, 1.165) is 29.1 Å². The number of nitrogens with zero attached hydrogens (tertiary/aromatic N) is 1. The Morgan fingerprint density at radius 2 is 1.85 bits per heavy atom. The highest BCUT2D eigenvalue weighted by Gasteiger charge is 2.24. The van der Waals surface area contributed by atoms with Crippen molar-refractivity contribution in [2.45, 2.75) is 49.5 Å². The summed E-state index contributed by atoms with van der Waals surface area (Å²) >= 11 is 6.13. The van der Waals surface area contributed by atoms with Crippen molar-refractivity contribution in [3.8, 4) is 5.75 Å². The van der Waals surface area contributed by atoms with Crippen LogP contribution in [0.5, 0.6) is 5.75 Å². The third-order valence-electron chi connectivity index (χ3n) is 6.28. The number of hydrogen-bond acceptors (Lipinski definition) is 6. The number of halogens is 1. The second-order valence-electron chi connectivity index (χ2n) is 9.44. The highest BCUT2D eigenvalue weighted by Crippen LogP contribution is 2.24. The smallest absolute Gasteiger partial charge is 0.255 e. The maximum absolute atomic E-state index is 13.2. The first-order chi connectivity index (χ1) is 18.6. The summed E-state index contributed by atoms with van der Waals surface area (Å²) < 4.78 is 31.5. The van der Waals surface area contributed by atoms with Crippen LogP contribution in [0.15, 0.2) is 47.4 Å².